The summed E-state index contributed by atoms with van der Waals surface area (Å²) in [5.74, 6) is 1.83. The Labute approximate surface area is 238 Å². The molecule has 0 amide bonds. The maximum Gasteiger partial charge on any atom is 0.312 e. The minimum absolute atomic E-state index is 0.0710. The number of carbonyl (C=O) groups is 1. The van der Waals surface area contributed by atoms with Crippen LogP contribution in [0.25, 0.3) is 0 Å². The first-order chi connectivity index (χ1) is 19.4. The Kier molecular flexibility index (Phi) is 9.11. The molecule has 1 saturated heterocycles. The molecule has 0 spiro atoms. The van der Waals surface area contributed by atoms with Crippen LogP contribution in [0.15, 0.2) is 78.9 Å². The van der Waals surface area contributed by atoms with Gasteiger partial charge in [0.05, 0.1) is 12.0 Å². The van der Waals surface area contributed by atoms with Crippen LogP contribution < -0.4 is 4.74 Å². The summed E-state index contributed by atoms with van der Waals surface area (Å²) in [7, 11) is 0. The van der Waals surface area contributed by atoms with E-state index in [2.05, 4.69) is 20.8 Å². The first-order valence-electron chi connectivity index (χ1n) is 14.7. The van der Waals surface area contributed by atoms with Crippen molar-refractivity contribution in [2.45, 2.75) is 71.9 Å². The second kappa shape index (κ2) is 12.9. The van der Waals surface area contributed by atoms with E-state index in [1.165, 1.54) is 6.42 Å². The number of ether oxygens (including phenoxy) is 3. The van der Waals surface area contributed by atoms with Crippen molar-refractivity contribution in [3.05, 3.63) is 95.6 Å². The van der Waals surface area contributed by atoms with E-state index < -0.39 is 6.29 Å². The SMILES string of the molecule is CC(C)[C@@H]1CC[C@@H](C)C[C@H]1O[C@@H]1OC(=O)[C@H](Cc2cccc(OCc3ccccc3)c2)[C@H]1Cc1cccc(O)c1. The molecule has 1 N–H and O–H groups in total. The summed E-state index contributed by atoms with van der Waals surface area (Å²) in [6.07, 6.45) is 3.94. The molecule has 2 aliphatic rings. The molecule has 1 saturated carbocycles. The lowest BCUT2D eigenvalue weighted by Gasteiger charge is -2.39. The molecule has 5 heteroatoms. The van der Waals surface area contributed by atoms with Crippen LogP contribution in [0.4, 0.5) is 0 Å². The fourth-order valence-electron chi connectivity index (χ4n) is 6.41. The summed E-state index contributed by atoms with van der Waals surface area (Å²) in [6, 6.07) is 25.4. The number of aromatic hydroxyl groups is 1. The van der Waals surface area contributed by atoms with Crippen LogP contribution in [0.1, 0.15) is 56.7 Å². The average Bonchev–Trinajstić information content (AvgIpc) is 3.21. The number of esters is 1. The quantitative estimate of drug-likeness (QED) is 0.271. The van der Waals surface area contributed by atoms with Gasteiger partial charge < -0.3 is 19.3 Å². The van der Waals surface area contributed by atoms with E-state index in [1.54, 1.807) is 12.1 Å². The Bertz CT molecular complexity index is 1260. The van der Waals surface area contributed by atoms with Gasteiger partial charge in [-0.1, -0.05) is 81.8 Å². The number of hydrogen-bond donors (Lipinski definition) is 1. The van der Waals surface area contributed by atoms with Crippen molar-refractivity contribution in [2.75, 3.05) is 0 Å². The van der Waals surface area contributed by atoms with Crippen molar-refractivity contribution in [1.82, 2.24) is 0 Å². The summed E-state index contributed by atoms with van der Waals surface area (Å²) in [6.45, 7) is 7.30. The van der Waals surface area contributed by atoms with Gasteiger partial charge in [0.1, 0.15) is 18.1 Å². The molecule has 1 aliphatic heterocycles. The van der Waals surface area contributed by atoms with Crippen molar-refractivity contribution in [2.24, 2.45) is 29.6 Å². The van der Waals surface area contributed by atoms with E-state index in [0.717, 1.165) is 35.3 Å². The third-order valence-electron chi connectivity index (χ3n) is 8.66. The third kappa shape index (κ3) is 7.06. The molecular formula is C35H42O5. The Hall–Kier alpha value is -3.31. The summed E-state index contributed by atoms with van der Waals surface area (Å²) < 4.78 is 18.8. The predicted octanol–water partition coefficient (Wildman–Crippen LogP) is 7.35. The summed E-state index contributed by atoms with van der Waals surface area (Å²) in [4.78, 5) is 13.4. The zero-order valence-corrected chi connectivity index (χ0v) is 23.9. The van der Waals surface area contributed by atoms with Crippen molar-refractivity contribution < 1.29 is 24.1 Å². The highest BCUT2D eigenvalue weighted by atomic mass is 16.7. The molecule has 3 aromatic rings. The molecule has 5 nitrogen and oxygen atoms in total. The molecule has 3 aromatic carbocycles. The zero-order chi connectivity index (χ0) is 28.1. The monoisotopic (exact) mass is 542 g/mol. The van der Waals surface area contributed by atoms with Crippen molar-refractivity contribution in [3.8, 4) is 11.5 Å². The van der Waals surface area contributed by atoms with Gasteiger partial charge in [0.2, 0.25) is 6.29 Å². The Balaban J connectivity index is 1.35. The third-order valence-corrected chi connectivity index (χ3v) is 8.66. The number of rotatable bonds is 10. The smallest absolute Gasteiger partial charge is 0.312 e. The fourth-order valence-corrected chi connectivity index (χ4v) is 6.41. The molecule has 5 rings (SSSR count). The lowest BCUT2D eigenvalue weighted by molar-refractivity contribution is -0.195. The second-order valence-corrected chi connectivity index (χ2v) is 12.1. The van der Waals surface area contributed by atoms with Crippen LogP contribution in [-0.4, -0.2) is 23.5 Å². The highest BCUT2D eigenvalue weighted by Gasteiger charge is 2.47. The van der Waals surface area contributed by atoms with Crippen LogP contribution in [0.2, 0.25) is 0 Å². The van der Waals surface area contributed by atoms with E-state index in [-0.39, 0.29) is 29.7 Å². The molecule has 1 heterocycles. The van der Waals surface area contributed by atoms with E-state index in [1.807, 2.05) is 66.7 Å². The maximum atomic E-state index is 13.4. The first-order valence-corrected chi connectivity index (χ1v) is 14.7. The molecule has 6 atom stereocenters. The van der Waals surface area contributed by atoms with Crippen LogP contribution >= 0.6 is 0 Å². The average molecular weight is 543 g/mol. The van der Waals surface area contributed by atoms with E-state index in [9.17, 15) is 9.90 Å². The van der Waals surface area contributed by atoms with Crippen LogP contribution in [0.5, 0.6) is 11.5 Å². The van der Waals surface area contributed by atoms with E-state index in [4.69, 9.17) is 14.2 Å². The number of cyclic esters (lactones) is 1. The minimum atomic E-state index is -0.603. The fraction of sp³-hybridized carbons (Fsp3) is 0.457. The molecule has 2 fully saturated rings. The second-order valence-electron chi connectivity index (χ2n) is 12.1. The van der Waals surface area contributed by atoms with Gasteiger partial charge >= 0.3 is 5.97 Å². The molecule has 1 aliphatic carbocycles. The zero-order valence-electron chi connectivity index (χ0n) is 23.9. The molecule has 212 valence electrons. The largest absolute Gasteiger partial charge is 0.508 e. The van der Waals surface area contributed by atoms with Gasteiger partial charge in [-0.3, -0.25) is 4.79 Å². The van der Waals surface area contributed by atoms with Gasteiger partial charge in [0.25, 0.3) is 0 Å². The number of carbonyl (C=O) groups excluding carboxylic acids is 1. The van der Waals surface area contributed by atoms with E-state index in [0.29, 0.717) is 37.2 Å². The molecule has 0 aromatic heterocycles. The van der Waals surface area contributed by atoms with Gasteiger partial charge in [0, 0.05) is 5.92 Å². The van der Waals surface area contributed by atoms with Crippen LogP contribution in [-0.2, 0) is 33.7 Å². The minimum Gasteiger partial charge on any atom is -0.508 e. The number of benzene rings is 3. The van der Waals surface area contributed by atoms with Crippen LogP contribution in [0.3, 0.4) is 0 Å². The van der Waals surface area contributed by atoms with Gasteiger partial charge in [-0.05, 0) is 84.4 Å². The number of phenols is 1. The lowest BCUT2D eigenvalue weighted by atomic mass is 9.75. The summed E-state index contributed by atoms with van der Waals surface area (Å²) >= 11 is 0. The van der Waals surface area contributed by atoms with Gasteiger partial charge in [0.15, 0.2) is 0 Å². The standard InChI is InChI=1S/C35H42O5/c1-23(2)30-16-15-24(3)17-33(30)39-35-32(21-26-11-7-13-28(36)18-26)31(34(37)40-35)20-27-12-8-14-29(19-27)38-22-25-9-5-4-6-10-25/h4-14,18-19,23-24,30-33,35-36H,15-17,20-22H2,1-3H3/t24-,30+,31-,32-,33-,35-/m1/s1. The van der Waals surface area contributed by atoms with Crippen molar-refractivity contribution >= 4 is 5.97 Å². The molecule has 0 bridgehead atoms. The van der Waals surface area contributed by atoms with Crippen LogP contribution in [0, 0.1) is 29.6 Å². The normalized spacial score (nSPS) is 26.6. The maximum absolute atomic E-state index is 13.4. The Morgan fingerprint density at radius 1 is 0.900 bits per heavy atom. The first kappa shape index (κ1) is 28.2. The van der Waals surface area contributed by atoms with E-state index >= 15 is 0 Å². The lowest BCUT2D eigenvalue weighted by Crippen LogP contribution is -2.39. The number of phenolic OH excluding ortho intramolecular Hbond substituents is 1. The topological polar surface area (TPSA) is 65.0 Å². The predicted molar refractivity (Wildman–Crippen MR) is 156 cm³/mol. The molecule has 40 heavy (non-hydrogen) atoms. The highest BCUT2D eigenvalue weighted by Crippen LogP contribution is 2.41. The van der Waals surface area contributed by atoms with Crippen molar-refractivity contribution in [1.29, 1.82) is 0 Å². The summed E-state index contributed by atoms with van der Waals surface area (Å²) in [5, 5.41) is 10.1. The molecular weight excluding hydrogens is 500 g/mol. The Morgan fingerprint density at radius 2 is 1.62 bits per heavy atom. The van der Waals surface area contributed by atoms with Gasteiger partial charge in [-0.2, -0.15) is 0 Å². The van der Waals surface area contributed by atoms with Gasteiger partial charge in [-0.25, -0.2) is 0 Å². The van der Waals surface area contributed by atoms with Gasteiger partial charge in [-0.15, -0.1) is 0 Å². The molecule has 0 unspecified atom stereocenters. The molecule has 0 radical (unpaired) electrons. The summed E-state index contributed by atoms with van der Waals surface area (Å²) in [5.41, 5.74) is 3.11. The van der Waals surface area contributed by atoms with Crippen molar-refractivity contribution in [3.63, 3.8) is 0 Å². The number of hydrogen-bond acceptors (Lipinski definition) is 5. The Morgan fingerprint density at radius 3 is 2.38 bits per heavy atom. The highest BCUT2D eigenvalue weighted by molar-refractivity contribution is 5.75.